The second kappa shape index (κ2) is 4.33. The molecule has 0 bridgehead atoms. The van der Waals surface area contributed by atoms with E-state index in [-0.39, 0.29) is 17.7 Å². The first-order chi connectivity index (χ1) is 8.04. The summed E-state index contributed by atoms with van der Waals surface area (Å²) in [5.74, 6) is -0.443. The Morgan fingerprint density at radius 2 is 2.24 bits per heavy atom. The second-order valence-corrected chi connectivity index (χ2v) is 4.60. The SMILES string of the molecule is Cc1cc(C(=O)O)cc(NC2(CO)CCC2)n1. The van der Waals surface area contributed by atoms with Crippen molar-refractivity contribution >= 4 is 11.8 Å². The highest BCUT2D eigenvalue weighted by Crippen LogP contribution is 2.34. The Labute approximate surface area is 99.5 Å². The minimum absolute atomic E-state index is 0.0467. The van der Waals surface area contributed by atoms with E-state index in [4.69, 9.17) is 5.11 Å². The molecule has 1 fully saturated rings. The minimum Gasteiger partial charge on any atom is -0.478 e. The van der Waals surface area contributed by atoms with Crippen LogP contribution in [0.3, 0.4) is 0 Å². The number of anilines is 1. The molecule has 0 aromatic carbocycles. The van der Waals surface area contributed by atoms with Gasteiger partial charge in [-0.2, -0.15) is 0 Å². The molecule has 3 N–H and O–H groups in total. The normalized spacial score (nSPS) is 17.3. The highest BCUT2D eigenvalue weighted by Gasteiger charge is 2.36. The maximum Gasteiger partial charge on any atom is 0.335 e. The Hall–Kier alpha value is -1.62. The summed E-state index contributed by atoms with van der Waals surface area (Å²) in [5.41, 5.74) is 0.559. The van der Waals surface area contributed by atoms with Gasteiger partial charge in [-0.25, -0.2) is 9.78 Å². The number of aromatic carboxylic acids is 1. The van der Waals surface area contributed by atoms with Crippen molar-refractivity contribution in [2.24, 2.45) is 0 Å². The number of carbonyl (C=O) groups is 1. The molecule has 0 amide bonds. The smallest absolute Gasteiger partial charge is 0.335 e. The monoisotopic (exact) mass is 236 g/mol. The van der Waals surface area contributed by atoms with E-state index >= 15 is 0 Å². The molecule has 0 saturated heterocycles. The van der Waals surface area contributed by atoms with E-state index in [1.807, 2.05) is 0 Å². The van der Waals surface area contributed by atoms with Gasteiger partial charge in [-0.05, 0) is 38.3 Å². The summed E-state index contributed by atoms with van der Waals surface area (Å²) in [4.78, 5) is 15.2. The summed E-state index contributed by atoms with van der Waals surface area (Å²) in [6, 6.07) is 3.03. The van der Waals surface area contributed by atoms with Crippen LogP contribution in [0.1, 0.15) is 35.3 Å². The first-order valence-electron chi connectivity index (χ1n) is 5.66. The fourth-order valence-corrected chi connectivity index (χ4v) is 2.05. The number of aromatic nitrogens is 1. The van der Waals surface area contributed by atoms with E-state index in [0.29, 0.717) is 11.5 Å². The van der Waals surface area contributed by atoms with Crippen LogP contribution in [0, 0.1) is 6.92 Å². The number of rotatable bonds is 4. The summed E-state index contributed by atoms with van der Waals surface area (Å²) in [5, 5.41) is 21.4. The van der Waals surface area contributed by atoms with Crippen LogP contribution in [0.4, 0.5) is 5.82 Å². The molecular weight excluding hydrogens is 220 g/mol. The lowest BCUT2D eigenvalue weighted by Crippen LogP contribution is -2.48. The van der Waals surface area contributed by atoms with Gasteiger partial charge in [0.05, 0.1) is 17.7 Å². The van der Waals surface area contributed by atoms with Crippen molar-refractivity contribution in [3.63, 3.8) is 0 Å². The van der Waals surface area contributed by atoms with Crippen molar-refractivity contribution in [1.82, 2.24) is 4.98 Å². The topological polar surface area (TPSA) is 82.5 Å². The maximum absolute atomic E-state index is 10.9. The Kier molecular flexibility index (Phi) is 3.02. The van der Waals surface area contributed by atoms with Crippen LogP contribution in [0.15, 0.2) is 12.1 Å². The van der Waals surface area contributed by atoms with Crippen molar-refractivity contribution in [3.8, 4) is 0 Å². The number of pyridine rings is 1. The third kappa shape index (κ3) is 2.39. The zero-order chi connectivity index (χ0) is 12.5. The van der Waals surface area contributed by atoms with Gasteiger partial charge < -0.3 is 15.5 Å². The molecule has 5 nitrogen and oxygen atoms in total. The van der Waals surface area contributed by atoms with Crippen LogP contribution in [-0.2, 0) is 0 Å². The highest BCUT2D eigenvalue weighted by atomic mass is 16.4. The lowest BCUT2D eigenvalue weighted by molar-refractivity contribution is 0.0696. The third-order valence-corrected chi connectivity index (χ3v) is 3.21. The highest BCUT2D eigenvalue weighted by molar-refractivity contribution is 5.88. The van der Waals surface area contributed by atoms with E-state index in [0.717, 1.165) is 19.3 Å². The van der Waals surface area contributed by atoms with Gasteiger partial charge in [0.2, 0.25) is 0 Å². The first kappa shape index (κ1) is 11.9. The molecule has 1 aromatic rings. The number of aliphatic hydroxyl groups excluding tert-OH is 1. The molecule has 1 heterocycles. The molecule has 0 spiro atoms. The van der Waals surface area contributed by atoms with Gasteiger partial charge in [-0.1, -0.05) is 0 Å². The molecule has 1 saturated carbocycles. The minimum atomic E-state index is -0.967. The lowest BCUT2D eigenvalue weighted by atomic mass is 9.77. The van der Waals surface area contributed by atoms with Crippen LogP contribution < -0.4 is 5.32 Å². The largest absolute Gasteiger partial charge is 0.478 e. The fraction of sp³-hybridized carbons (Fsp3) is 0.500. The molecule has 0 aliphatic heterocycles. The van der Waals surface area contributed by atoms with E-state index in [1.165, 1.54) is 12.1 Å². The van der Waals surface area contributed by atoms with Gasteiger partial charge in [-0.3, -0.25) is 0 Å². The number of hydrogen-bond donors (Lipinski definition) is 3. The van der Waals surface area contributed by atoms with Crippen molar-refractivity contribution < 1.29 is 15.0 Å². The van der Waals surface area contributed by atoms with Crippen molar-refractivity contribution in [3.05, 3.63) is 23.4 Å². The second-order valence-electron chi connectivity index (χ2n) is 4.60. The molecule has 1 aliphatic carbocycles. The summed E-state index contributed by atoms with van der Waals surface area (Å²) in [6.45, 7) is 1.80. The van der Waals surface area contributed by atoms with Gasteiger partial charge in [0.1, 0.15) is 5.82 Å². The standard InChI is InChI=1S/C12H16N2O3/c1-8-5-9(11(16)17)6-10(13-8)14-12(7-15)3-2-4-12/h5-6,15H,2-4,7H2,1H3,(H,13,14)(H,16,17). The molecule has 2 rings (SSSR count). The molecule has 0 radical (unpaired) electrons. The third-order valence-electron chi connectivity index (χ3n) is 3.21. The van der Waals surface area contributed by atoms with Crippen molar-refractivity contribution in [2.75, 3.05) is 11.9 Å². The van der Waals surface area contributed by atoms with Crippen molar-refractivity contribution in [1.29, 1.82) is 0 Å². The number of aryl methyl sites for hydroxylation is 1. The van der Waals surface area contributed by atoms with E-state index in [1.54, 1.807) is 6.92 Å². The van der Waals surface area contributed by atoms with Crippen LogP contribution in [0.25, 0.3) is 0 Å². The zero-order valence-corrected chi connectivity index (χ0v) is 9.73. The average Bonchev–Trinajstić information content (AvgIpc) is 2.22. The van der Waals surface area contributed by atoms with Crippen LogP contribution >= 0.6 is 0 Å². The molecular formula is C12H16N2O3. The van der Waals surface area contributed by atoms with Gasteiger partial charge in [0, 0.05) is 5.69 Å². The van der Waals surface area contributed by atoms with E-state index in [2.05, 4.69) is 10.3 Å². The Morgan fingerprint density at radius 3 is 2.71 bits per heavy atom. The zero-order valence-electron chi connectivity index (χ0n) is 9.73. The number of aliphatic hydroxyl groups is 1. The Balaban J connectivity index is 2.23. The van der Waals surface area contributed by atoms with Crippen molar-refractivity contribution in [2.45, 2.75) is 31.7 Å². The summed E-state index contributed by atoms with van der Waals surface area (Å²) in [6.07, 6.45) is 2.86. The number of hydrogen-bond acceptors (Lipinski definition) is 4. The number of carboxylic acids is 1. The van der Waals surface area contributed by atoms with Crippen LogP contribution in [-0.4, -0.2) is 33.3 Å². The maximum atomic E-state index is 10.9. The van der Waals surface area contributed by atoms with Crippen LogP contribution in [0.5, 0.6) is 0 Å². The van der Waals surface area contributed by atoms with Gasteiger partial charge >= 0.3 is 5.97 Å². The molecule has 17 heavy (non-hydrogen) atoms. The molecule has 0 atom stereocenters. The van der Waals surface area contributed by atoms with Crippen LogP contribution in [0.2, 0.25) is 0 Å². The Bertz CT molecular complexity index is 436. The summed E-state index contributed by atoms with van der Waals surface area (Å²) < 4.78 is 0. The Morgan fingerprint density at radius 1 is 1.53 bits per heavy atom. The average molecular weight is 236 g/mol. The van der Waals surface area contributed by atoms with E-state index < -0.39 is 5.97 Å². The van der Waals surface area contributed by atoms with E-state index in [9.17, 15) is 9.90 Å². The predicted molar refractivity (Wildman–Crippen MR) is 63.2 cm³/mol. The molecule has 1 aliphatic rings. The van der Waals surface area contributed by atoms with Gasteiger partial charge in [0.15, 0.2) is 0 Å². The molecule has 5 heteroatoms. The quantitative estimate of drug-likeness (QED) is 0.736. The predicted octanol–water partition coefficient (Wildman–Crippen LogP) is 1.42. The molecule has 92 valence electrons. The number of nitrogens with zero attached hydrogens (tertiary/aromatic N) is 1. The fourth-order valence-electron chi connectivity index (χ4n) is 2.05. The van der Waals surface area contributed by atoms with Gasteiger partial charge in [0.25, 0.3) is 0 Å². The number of carboxylic acid groups (broad SMARTS) is 1. The lowest BCUT2D eigenvalue weighted by Gasteiger charge is -2.41. The molecule has 1 aromatic heterocycles. The summed E-state index contributed by atoms with van der Waals surface area (Å²) in [7, 11) is 0. The first-order valence-corrected chi connectivity index (χ1v) is 5.66. The summed E-state index contributed by atoms with van der Waals surface area (Å²) >= 11 is 0. The molecule has 0 unspecified atom stereocenters. The number of nitrogens with one attached hydrogen (secondary N) is 1. The van der Waals surface area contributed by atoms with Gasteiger partial charge in [-0.15, -0.1) is 0 Å².